The standard InChI is InChI=1S/C14H16N2O3/c1-9(2)19-13-7-5-4-6-10(13)11-8-12(16-15-11)14(17)18-3/h4-9H,1-3H3,(H,15,16). The zero-order valence-corrected chi connectivity index (χ0v) is 11.1. The largest absolute Gasteiger partial charge is 0.490 e. The minimum Gasteiger partial charge on any atom is -0.490 e. The maximum atomic E-state index is 11.4. The van der Waals surface area contributed by atoms with Crippen LogP contribution in [0.4, 0.5) is 0 Å². The number of H-pyrrole nitrogens is 1. The summed E-state index contributed by atoms with van der Waals surface area (Å²) >= 11 is 0. The Bertz CT molecular complexity index is 576. The highest BCUT2D eigenvalue weighted by Crippen LogP contribution is 2.29. The Hall–Kier alpha value is -2.30. The van der Waals surface area contributed by atoms with E-state index >= 15 is 0 Å². The fourth-order valence-corrected chi connectivity index (χ4v) is 1.71. The maximum Gasteiger partial charge on any atom is 0.356 e. The average molecular weight is 260 g/mol. The molecule has 1 aromatic heterocycles. The molecule has 2 rings (SSSR count). The molecule has 100 valence electrons. The summed E-state index contributed by atoms with van der Waals surface area (Å²) in [6.45, 7) is 3.92. The van der Waals surface area contributed by atoms with Crippen LogP contribution in [-0.4, -0.2) is 29.4 Å². The van der Waals surface area contributed by atoms with Gasteiger partial charge in [0.05, 0.1) is 18.9 Å². The lowest BCUT2D eigenvalue weighted by atomic mass is 10.1. The van der Waals surface area contributed by atoms with Gasteiger partial charge in [-0.15, -0.1) is 0 Å². The smallest absolute Gasteiger partial charge is 0.356 e. The zero-order valence-electron chi connectivity index (χ0n) is 11.1. The van der Waals surface area contributed by atoms with Crippen molar-refractivity contribution < 1.29 is 14.3 Å². The van der Waals surface area contributed by atoms with Crippen LogP contribution in [-0.2, 0) is 4.74 Å². The van der Waals surface area contributed by atoms with Gasteiger partial charge in [0.25, 0.3) is 0 Å². The summed E-state index contributed by atoms with van der Waals surface area (Å²) in [5.41, 5.74) is 1.80. The molecule has 1 heterocycles. The van der Waals surface area contributed by atoms with Crippen molar-refractivity contribution in [2.75, 3.05) is 7.11 Å². The first-order chi connectivity index (χ1) is 9.11. The molecule has 1 aromatic carbocycles. The summed E-state index contributed by atoms with van der Waals surface area (Å²) in [6.07, 6.45) is 0.0696. The summed E-state index contributed by atoms with van der Waals surface area (Å²) < 4.78 is 10.4. The van der Waals surface area contributed by atoms with E-state index in [0.717, 1.165) is 11.3 Å². The molecule has 0 bridgehead atoms. The van der Waals surface area contributed by atoms with Gasteiger partial charge in [-0.2, -0.15) is 5.10 Å². The van der Waals surface area contributed by atoms with Gasteiger partial charge in [0.1, 0.15) is 11.4 Å². The Balaban J connectivity index is 2.36. The Morgan fingerprint density at radius 2 is 2.05 bits per heavy atom. The van der Waals surface area contributed by atoms with E-state index < -0.39 is 5.97 Å². The van der Waals surface area contributed by atoms with Crippen molar-refractivity contribution in [1.29, 1.82) is 0 Å². The molecule has 0 aliphatic heterocycles. The van der Waals surface area contributed by atoms with E-state index in [0.29, 0.717) is 11.4 Å². The molecular weight excluding hydrogens is 244 g/mol. The normalized spacial score (nSPS) is 10.5. The van der Waals surface area contributed by atoms with E-state index in [1.165, 1.54) is 7.11 Å². The highest BCUT2D eigenvalue weighted by Gasteiger charge is 2.14. The number of esters is 1. The van der Waals surface area contributed by atoms with Gasteiger partial charge >= 0.3 is 5.97 Å². The lowest BCUT2D eigenvalue weighted by Crippen LogP contribution is -2.06. The number of nitrogens with zero attached hydrogens (tertiary/aromatic N) is 1. The van der Waals surface area contributed by atoms with Crippen molar-refractivity contribution in [2.24, 2.45) is 0 Å². The first-order valence-corrected chi connectivity index (χ1v) is 6.01. The number of nitrogens with one attached hydrogen (secondary N) is 1. The van der Waals surface area contributed by atoms with Crippen molar-refractivity contribution in [3.63, 3.8) is 0 Å². The molecule has 0 aliphatic carbocycles. The fourth-order valence-electron chi connectivity index (χ4n) is 1.71. The predicted molar refractivity (Wildman–Crippen MR) is 71.1 cm³/mol. The van der Waals surface area contributed by atoms with Crippen LogP contribution in [0, 0.1) is 0 Å². The molecule has 0 fully saturated rings. The van der Waals surface area contributed by atoms with E-state index in [1.54, 1.807) is 6.07 Å². The molecule has 0 unspecified atom stereocenters. The van der Waals surface area contributed by atoms with Crippen molar-refractivity contribution in [3.05, 3.63) is 36.0 Å². The third kappa shape index (κ3) is 2.93. The Kier molecular flexibility index (Phi) is 3.85. The van der Waals surface area contributed by atoms with Crippen molar-refractivity contribution in [3.8, 4) is 17.0 Å². The summed E-state index contributed by atoms with van der Waals surface area (Å²) in [7, 11) is 1.33. The molecule has 0 saturated heterocycles. The van der Waals surface area contributed by atoms with E-state index in [4.69, 9.17) is 4.74 Å². The number of aromatic nitrogens is 2. The SMILES string of the molecule is COC(=O)c1cc(-c2ccccc2OC(C)C)n[nH]1. The number of carbonyl (C=O) groups excluding carboxylic acids is 1. The predicted octanol–water partition coefficient (Wildman–Crippen LogP) is 2.65. The molecule has 0 radical (unpaired) electrons. The highest BCUT2D eigenvalue weighted by atomic mass is 16.5. The molecule has 0 saturated carbocycles. The lowest BCUT2D eigenvalue weighted by molar-refractivity contribution is 0.0594. The molecule has 19 heavy (non-hydrogen) atoms. The number of para-hydroxylation sites is 1. The van der Waals surface area contributed by atoms with Gasteiger partial charge in [0.2, 0.25) is 0 Å². The van der Waals surface area contributed by atoms with Crippen LogP contribution < -0.4 is 4.74 Å². The molecule has 5 heteroatoms. The van der Waals surface area contributed by atoms with Crippen molar-refractivity contribution in [2.45, 2.75) is 20.0 Å². The topological polar surface area (TPSA) is 64.2 Å². The van der Waals surface area contributed by atoms with Crippen LogP contribution in [0.3, 0.4) is 0 Å². The quantitative estimate of drug-likeness (QED) is 0.858. The van der Waals surface area contributed by atoms with Crippen LogP contribution >= 0.6 is 0 Å². The molecule has 1 N–H and O–H groups in total. The van der Waals surface area contributed by atoms with Gasteiger partial charge in [-0.3, -0.25) is 5.10 Å². The van der Waals surface area contributed by atoms with Crippen LogP contribution in [0.5, 0.6) is 5.75 Å². The maximum absolute atomic E-state index is 11.4. The first-order valence-electron chi connectivity index (χ1n) is 6.01. The van der Waals surface area contributed by atoms with E-state index in [2.05, 4.69) is 14.9 Å². The van der Waals surface area contributed by atoms with Gasteiger partial charge in [0, 0.05) is 5.56 Å². The molecule has 2 aromatic rings. The van der Waals surface area contributed by atoms with Crippen LogP contribution in [0.25, 0.3) is 11.3 Å². The van der Waals surface area contributed by atoms with Crippen LogP contribution in [0.1, 0.15) is 24.3 Å². The number of rotatable bonds is 4. The first kappa shape index (κ1) is 13.1. The van der Waals surface area contributed by atoms with Gasteiger partial charge in [-0.25, -0.2) is 4.79 Å². The highest BCUT2D eigenvalue weighted by molar-refractivity contribution is 5.88. The minimum atomic E-state index is -0.444. The molecule has 0 amide bonds. The van der Waals surface area contributed by atoms with E-state index in [1.807, 2.05) is 38.1 Å². The van der Waals surface area contributed by atoms with Gasteiger partial charge in [-0.1, -0.05) is 12.1 Å². The summed E-state index contributed by atoms with van der Waals surface area (Å²) in [6, 6.07) is 9.22. The number of aromatic amines is 1. The van der Waals surface area contributed by atoms with Crippen molar-refractivity contribution in [1.82, 2.24) is 10.2 Å². The summed E-state index contributed by atoms with van der Waals surface area (Å²) in [5, 5.41) is 6.77. The van der Waals surface area contributed by atoms with Crippen molar-refractivity contribution >= 4 is 5.97 Å². The monoisotopic (exact) mass is 260 g/mol. The molecule has 0 atom stereocenters. The van der Waals surface area contributed by atoms with Crippen LogP contribution in [0.2, 0.25) is 0 Å². The summed E-state index contributed by atoms with van der Waals surface area (Å²) in [4.78, 5) is 11.4. The number of carbonyl (C=O) groups is 1. The summed E-state index contributed by atoms with van der Waals surface area (Å²) in [5.74, 6) is 0.293. The number of hydrogen-bond acceptors (Lipinski definition) is 4. The second kappa shape index (κ2) is 5.56. The number of benzene rings is 1. The number of ether oxygens (including phenoxy) is 2. The van der Waals surface area contributed by atoms with Gasteiger partial charge in [-0.05, 0) is 32.0 Å². The zero-order chi connectivity index (χ0) is 13.8. The Morgan fingerprint density at radius 3 is 2.74 bits per heavy atom. The molecular formula is C14H16N2O3. The van der Waals surface area contributed by atoms with E-state index in [9.17, 15) is 4.79 Å². The second-order valence-corrected chi connectivity index (χ2v) is 4.32. The van der Waals surface area contributed by atoms with E-state index in [-0.39, 0.29) is 6.10 Å². The molecule has 0 aliphatic rings. The van der Waals surface area contributed by atoms with Gasteiger partial charge < -0.3 is 9.47 Å². The van der Waals surface area contributed by atoms with Crippen LogP contribution in [0.15, 0.2) is 30.3 Å². The minimum absolute atomic E-state index is 0.0696. The second-order valence-electron chi connectivity index (χ2n) is 4.32. The number of methoxy groups -OCH3 is 1. The fraction of sp³-hybridized carbons (Fsp3) is 0.286. The average Bonchev–Trinajstić information content (AvgIpc) is 2.87. The third-order valence-corrected chi connectivity index (χ3v) is 2.51. The van der Waals surface area contributed by atoms with Gasteiger partial charge in [0.15, 0.2) is 0 Å². The lowest BCUT2D eigenvalue weighted by Gasteiger charge is -2.12. The Morgan fingerprint density at radius 1 is 1.32 bits per heavy atom. The molecule has 5 nitrogen and oxygen atoms in total. The molecule has 0 spiro atoms. The third-order valence-electron chi connectivity index (χ3n) is 2.51. The Labute approximate surface area is 111 Å². The number of hydrogen-bond donors (Lipinski definition) is 1.